The van der Waals surface area contributed by atoms with Crippen molar-refractivity contribution >= 4 is 0 Å². The maximum absolute atomic E-state index is 5.88. The average molecular weight is 230 g/mol. The van der Waals surface area contributed by atoms with Gasteiger partial charge in [-0.15, -0.1) is 0 Å². The molecule has 0 rings (SSSR count). The fourth-order valence-corrected chi connectivity index (χ4v) is 2.26. The van der Waals surface area contributed by atoms with Gasteiger partial charge >= 0.3 is 0 Å². The van der Waals surface area contributed by atoms with Crippen molar-refractivity contribution < 1.29 is 4.74 Å². The van der Waals surface area contributed by atoms with Crippen LogP contribution in [-0.4, -0.2) is 18.8 Å². The SMILES string of the molecule is CCCC(C)C(NN)C(OCC)C(C)(C)C. The van der Waals surface area contributed by atoms with Crippen molar-refractivity contribution in [2.45, 2.75) is 66.5 Å². The van der Waals surface area contributed by atoms with Crippen LogP contribution in [0.25, 0.3) is 0 Å². The summed E-state index contributed by atoms with van der Waals surface area (Å²) in [6, 6.07) is 0.222. The maximum atomic E-state index is 5.88. The lowest BCUT2D eigenvalue weighted by Gasteiger charge is -2.39. The molecule has 3 atom stereocenters. The van der Waals surface area contributed by atoms with E-state index in [-0.39, 0.29) is 17.6 Å². The minimum atomic E-state index is 0.106. The van der Waals surface area contributed by atoms with Gasteiger partial charge in [0.2, 0.25) is 0 Å². The van der Waals surface area contributed by atoms with Crippen molar-refractivity contribution in [2.24, 2.45) is 17.2 Å². The summed E-state index contributed by atoms with van der Waals surface area (Å²) in [6.45, 7) is 13.8. The molecule has 3 nitrogen and oxygen atoms in total. The summed E-state index contributed by atoms with van der Waals surface area (Å²) in [7, 11) is 0. The number of rotatable bonds is 7. The third-order valence-electron chi connectivity index (χ3n) is 3.08. The Morgan fingerprint density at radius 2 is 1.81 bits per heavy atom. The molecule has 0 saturated heterocycles. The standard InChI is InChI=1S/C13H30N2O/c1-7-9-10(3)11(15-14)12(16-8-2)13(4,5)6/h10-12,15H,7-9,14H2,1-6H3. The average Bonchev–Trinajstić information content (AvgIpc) is 2.16. The minimum Gasteiger partial charge on any atom is -0.376 e. The summed E-state index contributed by atoms with van der Waals surface area (Å²) in [6.07, 6.45) is 2.51. The molecule has 0 amide bonds. The van der Waals surface area contributed by atoms with E-state index in [0.717, 1.165) is 6.61 Å². The predicted molar refractivity (Wildman–Crippen MR) is 70.1 cm³/mol. The van der Waals surface area contributed by atoms with Gasteiger partial charge in [-0.3, -0.25) is 11.3 Å². The van der Waals surface area contributed by atoms with E-state index in [9.17, 15) is 0 Å². The Morgan fingerprint density at radius 1 is 1.25 bits per heavy atom. The van der Waals surface area contributed by atoms with Gasteiger partial charge in [0, 0.05) is 6.61 Å². The molecule has 0 aromatic carbocycles. The van der Waals surface area contributed by atoms with Crippen molar-refractivity contribution in [3.63, 3.8) is 0 Å². The van der Waals surface area contributed by atoms with Crippen molar-refractivity contribution in [1.29, 1.82) is 0 Å². The maximum Gasteiger partial charge on any atom is 0.0792 e. The van der Waals surface area contributed by atoms with Crippen LogP contribution in [0.15, 0.2) is 0 Å². The molecule has 3 N–H and O–H groups in total. The summed E-state index contributed by atoms with van der Waals surface area (Å²) < 4.78 is 5.88. The lowest BCUT2D eigenvalue weighted by molar-refractivity contribution is -0.0481. The zero-order chi connectivity index (χ0) is 12.8. The first-order chi connectivity index (χ1) is 7.38. The van der Waals surface area contributed by atoms with Gasteiger partial charge in [0.15, 0.2) is 0 Å². The van der Waals surface area contributed by atoms with Crippen molar-refractivity contribution in [3.05, 3.63) is 0 Å². The quantitative estimate of drug-likeness (QED) is 0.522. The summed E-state index contributed by atoms with van der Waals surface area (Å²) in [5.41, 5.74) is 3.06. The second kappa shape index (κ2) is 7.25. The lowest BCUT2D eigenvalue weighted by Crippen LogP contribution is -2.54. The molecule has 3 unspecified atom stereocenters. The summed E-state index contributed by atoms with van der Waals surface area (Å²) in [5, 5.41) is 0. The number of nitrogens with two attached hydrogens (primary N) is 1. The summed E-state index contributed by atoms with van der Waals surface area (Å²) >= 11 is 0. The van der Waals surface area contributed by atoms with E-state index >= 15 is 0 Å². The predicted octanol–water partition coefficient (Wildman–Crippen LogP) is 2.71. The van der Waals surface area contributed by atoms with E-state index in [4.69, 9.17) is 10.6 Å². The molecule has 0 aliphatic rings. The largest absolute Gasteiger partial charge is 0.376 e. The first-order valence-electron chi connectivity index (χ1n) is 6.46. The van der Waals surface area contributed by atoms with Crippen molar-refractivity contribution in [3.8, 4) is 0 Å². The topological polar surface area (TPSA) is 47.3 Å². The molecule has 0 saturated carbocycles. The zero-order valence-corrected chi connectivity index (χ0v) is 11.8. The Hall–Kier alpha value is -0.120. The van der Waals surface area contributed by atoms with Gasteiger partial charge in [-0.25, -0.2) is 0 Å². The number of hydrogen-bond donors (Lipinski definition) is 2. The molecule has 0 radical (unpaired) electrons. The molecule has 0 aromatic heterocycles. The molecule has 0 bridgehead atoms. The van der Waals surface area contributed by atoms with Crippen molar-refractivity contribution in [1.82, 2.24) is 5.43 Å². The van der Waals surface area contributed by atoms with Gasteiger partial charge in [-0.1, -0.05) is 41.0 Å². The first kappa shape index (κ1) is 15.9. The number of hydrazine groups is 1. The molecular formula is C13H30N2O. The van der Waals surface area contributed by atoms with Crippen LogP contribution in [0.4, 0.5) is 0 Å². The minimum absolute atomic E-state index is 0.106. The van der Waals surface area contributed by atoms with Gasteiger partial charge in [-0.05, 0) is 24.7 Å². The number of hydrogen-bond acceptors (Lipinski definition) is 3. The molecule has 16 heavy (non-hydrogen) atoms. The molecule has 0 spiro atoms. The Kier molecular flexibility index (Phi) is 7.20. The van der Waals surface area contributed by atoms with E-state index in [1.807, 2.05) is 6.92 Å². The Morgan fingerprint density at radius 3 is 2.12 bits per heavy atom. The lowest BCUT2D eigenvalue weighted by atomic mass is 9.79. The van der Waals surface area contributed by atoms with E-state index in [2.05, 4.69) is 40.0 Å². The molecule has 98 valence electrons. The first-order valence-corrected chi connectivity index (χ1v) is 6.46. The van der Waals surface area contributed by atoms with Crippen LogP contribution in [0.5, 0.6) is 0 Å². The van der Waals surface area contributed by atoms with Gasteiger partial charge in [0.25, 0.3) is 0 Å². The monoisotopic (exact) mass is 230 g/mol. The van der Waals surface area contributed by atoms with E-state index in [1.54, 1.807) is 0 Å². The Balaban J connectivity index is 4.70. The highest BCUT2D eigenvalue weighted by Crippen LogP contribution is 2.29. The second-order valence-electron chi connectivity index (χ2n) is 5.70. The Bertz CT molecular complexity index is 177. The fraction of sp³-hybridized carbons (Fsp3) is 1.00. The zero-order valence-electron chi connectivity index (χ0n) is 11.8. The van der Waals surface area contributed by atoms with Crippen LogP contribution in [0.1, 0.15) is 54.4 Å². The smallest absolute Gasteiger partial charge is 0.0792 e. The highest BCUT2D eigenvalue weighted by molar-refractivity contribution is 4.88. The second-order valence-corrected chi connectivity index (χ2v) is 5.70. The van der Waals surface area contributed by atoms with Gasteiger partial charge in [0.05, 0.1) is 12.1 Å². The van der Waals surface area contributed by atoms with Crippen LogP contribution in [0.2, 0.25) is 0 Å². The van der Waals surface area contributed by atoms with Crippen LogP contribution in [-0.2, 0) is 4.74 Å². The molecule has 0 aromatic rings. The molecule has 0 aliphatic heterocycles. The van der Waals surface area contributed by atoms with E-state index in [1.165, 1.54) is 12.8 Å². The number of nitrogens with one attached hydrogen (secondary N) is 1. The normalized spacial score (nSPS) is 18.2. The molecule has 0 fully saturated rings. The highest BCUT2D eigenvalue weighted by Gasteiger charge is 2.35. The molecule has 0 aliphatic carbocycles. The van der Waals surface area contributed by atoms with E-state index < -0.39 is 0 Å². The molecule has 0 heterocycles. The summed E-state index contributed by atoms with van der Waals surface area (Å²) in [5.74, 6) is 6.23. The van der Waals surface area contributed by atoms with Crippen LogP contribution >= 0.6 is 0 Å². The van der Waals surface area contributed by atoms with Gasteiger partial charge < -0.3 is 4.74 Å². The fourth-order valence-electron chi connectivity index (χ4n) is 2.26. The molecule has 3 heteroatoms. The van der Waals surface area contributed by atoms with Crippen LogP contribution < -0.4 is 11.3 Å². The Labute approximate surface area is 101 Å². The third-order valence-corrected chi connectivity index (χ3v) is 3.08. The number of ether oxygens (including phenoxy) is 1. The van der Waals surface area contributed by atoms with Gasteiger partial charge in [0.1, 0.15) is 0 Å². The highest BCUT2D eigenvalue weighted by atomic mass is 16.5. The van der Waals surface area contributed by atoms with Crippen LogP contribution in [0, 0.1) is 11.3 Å². The van der Waals surface area contributed by atoms with Crippen molar-refractivity contribution in [2.75, 3.05) is 6.61 Å². The van der Waals surface area contributed by atoms with Gasteiger partial charge in [-0.2, -0.15) is 0 Å². The third kappa shape index (κ3) is 4.81. The van der Waals surface area contributed by atoms with Crippen LogP contribution in [0.3, 0.4) is 0 Å². The van der Waals surface area contributed by atoms with E-state index in [0.29, 0.717) is 5.92 Å². The molecular weight excluding hydrogens is 200 g/mol. The summed E-state index contributed by atoms with van der Waals surface area (Å²) in [4.78, 5) is 0.